The first kappa shape index (κ1) is 38.0. The molecule has 8 aliphatic rings. The molecule has 0 aliphatic heterocycles. The third kappa shape index (κ3) is 6.91. The summed E-state index contributed by atoms with van der Waals surface area (Å²) in [5.74, 6) is 4.38. The van der Waals surface area contributed by atoms with Crippen LogP contribution in [0.3, 0.4) is 0 Å². The lowest BCUT2D eigenvalue weighted by Gasteiger charge is -2.64. The van der Waals surface area contributed by atoms with Gasteiger partial charge in [0.2, 0.25) is 11.8 Å². The molecular formula is C48H60N6O4. The second-order valence-electron chi connectivity index (χ2n) is 19.8. The van der Waals surface area contributed by atoms with E-state index in [1.807, 2.05) is 61.5 Å². The number of fused-ring (bicyclic) bond motifs is 2. The van der Waals surface area contributed by atoms with Crippen molar-refractivity contribution in [2.24, 2.45) is 58.2 Å². The zero-order valence-electron chi connectivity index (χ0n) is 34.1. The van der Waals surface area contributed by atoms with E-state index in [0.29, 0.717) is 54.5 Å². The molecule has 5 N–H and O–H groups in total. The maximum Gasteiger partial charge on any atom is 0.228 e. The summed E-state index contributed by atoms with van der Waals surface area (Å²) in [5.41, 5.74) is 2.67. The van der Waals surface area contributed by atoms with Crippen LogP contribution in [0.5, 0.6) is 0 Å². The number of hydrogen-bond donors (Lipinski definition) is 5. The third-order valence-electron chi connectivity index (χ3n) is 15.6. The van der Waals surface area contributed by atoms with Crippen LogP contribution in [0.1, 0.15) is 84.0 Å². The number of carbonyl (C=O) groups excluding carboxylic acids is 2. The average molecular weight is 785 g/mol. The molecule has 306 valence electrons. The number of nitrogens with zero attached hydrogens (tertiary/aromatic N) is 2. The Balaban J connectivity index is 1.06. The summed E-state index contributed by atoms with van der Waals surface area (Å²) in [5, 5.41) is 25.1. The topological polar surface area (TPSA) is 138 Å². The van der Waals surface area contributed by atoms with Gasteiger partial charge in [0, 0.05) is 30.5 Å². The van der Waals surface area contributed by atoms with Crippen LogP contribution in [0.2, 0.25) is 0 Å². The zero-order chi connectivity index (χ0) is 39.6. The van der Waals surface area contributed by atoms with Crippen LogP contribution < -0.4 is 21.3 Å². The molecule has 0 radical (unpaired) electrons. The monoisotopic (exact) mass is 784 g/mol. The Labute approximate surface area is 342 Å². The molecule has 2 aromatic carbocycles. The number of carbonyl (C=O) groups is 2. The molecule has 2 heterocycles. The van der Waals surface area contributed by atoms with Gasteiger partial charge in [0.05, 0.1) is 47.5 Å². The highest BCUT2D eigenvalue weighted by Crippen LogP contribution is 2.69. The fraction of sp³-hybridized carbons (Fsp3) is 0.583. The first-order valence-electron chi connectivity index (χ1n) is 22.2. The van der Waals surface area contributed by atoms with Crippen molar-refractivity contribution in [3.63, 3.8) is 0 Å². The highest BCUT2D eigenvalue weighted by Gasteiger charge is 2.65. The van der Waals surface area contributed by atoms with Gasteiger partial charge in [-0.15, -0.1) is 0 Å². The normalized spacial score (nSPS) is 31.9. The predicted molar refractivity (Wildman–Crippen MR) is 229 cm³/mol. The molecule has 2 amide bonds. The van der Waals surface area contributed by atoms with E-state index < -0.39 is 11.8 Å². The number of aromatic nitrogens is 2. The molecular weight excluding hydrogens is 725 g/mol. The summed E-state index contributed by atoms with van der Waals surface area (Å²) in [6.07, 6.45) is 13.9. The number of methoxy groups -OCH3 is 1. The number of anilines is 4. The van der Waals surface area contributed by atoms with E-state index in [0.717, 1.165) is 77.5 Å². The average Bonchev–Trinajstić information content (AvgIpc) is 3.18. The van der Waals surface area contributed by atoms with Crippen molar-refractivity contribution in [2.45, 2.75) is 90.0 Å². The summed E-state index contributed by atoms with van der Waals surface area (Å²) in [6.45, 7) is 3.16. The van der Waals surface area contributed by atoms with Crippen molar-refractivity contribution >= 4 is 56.6 Å². The maximum absolute atomic E-state index is 15.8. The van der Waals surface area contributed by atoms with Crippen molar-refractivity contribution in [3.05, 3.63) is 60.7 Å². The Hall–Kier alpha value is -4.28. The molecule has 3 atom stereocenters. The molecule has 0 saturated heterocycles. The SMILES string of the molecule is COCCNc1ccc2c(NC(=O)C(C(C(=O)Nc3cccc4nc(NC(C)CO)ccc34)C34CC5CC(CC(C5)C3)C4)C34CC5CC(CC(C5)C3)C4)cccc2n1. The molecule has 10 nitrogen and oxygen atoms in total. The van der Waals surface area contributed by atoms with E-state index in [1.165, 1.54) is 38.5 Å². The van der Waals surface area contributed by atoms with Crippen molar-refractivity contribution < 1.29 is 19.4 Å². The van der Waals surface area contributed by atoms with E-state index in [2.05, 4.69) is 27.3 Å². The van der Waals surface area contributed by atoms with Gasteiger partial charge in [-0.1, -0.05) is 12.1 Å². The Morgan fingerprint density at radius 2 is 1.10 bits per heavy atom. The summed E-state index contributed by atoms with van der Waals surface area (Å²) in [6, 6.07) is 19.7. The molecule has 8 bridgehead atoms. The Morgan fingerprint density at radius 1 is 0.672 bits per heavy atom. The molecule has 3 unspecified atom stereocenters. The number of rotatable bonds is 14. The van der Waals surface area contributed by atoms with Gasteiger partial charge in [0.15, 0.2) is 0 Å². The predicted octanol–water partition coefficient (Wildman–Crippen LogP) is 8.88. The van der Waals surface area contributed by atoms with Crippen LogP contribution in [-0.4, -0.2) is 59.8 Å². The molecule has 8 saturated carbocycles. The second-order valence-corrected chi connectivity index (χ2v) is 19.8. The second kappa shape index (κ2) is 15.1. The third-order valence-corrected chi connectivity index (χ3v) is 15.6. The minimum absolute atomic E-state index is 0.00507. The summed E-state index contributed by atoms with van der Waals surface area (Å²) < 4.78 is 5.23. The van der Waals surface area contributed by atoms with Gasteiger partial charge in [-0.25, -0.2) is 9.97 Å². The van der Waals surface area contributed by atoms with E-state index in [1.54, 1.807) is 7.11 Å². The van der Waals surface area contributed by atoms with Gasteiger partial charge in [0.1, 0.15) is 11.6 Å². The van der Waals surface area contributed by atoms with Crippen LogP contribution in [0.25, 0.3) is 21.8 Å². The van der Waals surface area contributed by atoms with Gasteiger partial charge >= 0.3 is 0 Å². The number of aliphatic hydroxyl groups is 1. The lowest BCUT2D eigenvalue weighted by atomic mass is 9.40. The fourth-order valence-electron chi connectivity index (χ4n) is 14.4. The number of ether oxygens (including phenoxy) is 1. The summed E-state index contributed by atoms with van der Waals surface area (Å²) >= 11 is 0. The molecule has 8 fully saturated rings. The maximum atomic E-state index is 15.8. The number of nitrogens with one attached hydrogen (secondary N) is 4. The molecule has 4 aromatic rings. The van der Waals surface area contributed by atoms with Crippen molar-refractivity contribution in [2.75, 3.05) is 48.1 Å². The lowest BCUT2D eigenvalue weighted by molar-refractivity contribution is -0.172. The van der Waals surface area contributed by atoms with Crippen LogP contribution in [0.15, 0.2) is 60.7 Å². The molecule has 8 aliphatic carbocycles. The minimum atomic E-state index is -0.448. The minimum Gasteiger partial charge on any atom is -0.394 e. The fourth-order valence-corrected chi connectivity index (χ4v) is 14.4. The number of amides is 2. The molecule has 58 heavy (non-hydrogen) atoms. The first-order chi connectivity index (χ1) is 28.2. The Bertz CT molecular complexity index is 2140. The van der Waals surface area contributed by atoms with Crippen LogP contribution in [0, 0.1) is 58.2 Å². The highest BCUT2D eigenvalue weighted by atomic mass is 16.5. The van der Waals surface area contributed by atoms with E-state index >= 15 is 9.59 Å². The van der Waals surface area contributed by atoms with Crippen molar-refractivity contribution in [1.29, 1.82) is 0 Å². The number of aliphatic hydroxyl groups excluding tert-OH is 1. The number of hydrogen-bond acceptors (Lipinski definition) is 8. The van der Waals surface area contributed by atoms with Gasteiger partial charge in [-0.2, -0.15) is 0 Å². The van der Waals surface area contributed by atoms with Crippen LogP contribution in [0.4, 0.5) is 23.0 Å². The quantitative estimate of drug-likeness (QED) is 0.0801. The van der Waals surface area contributed by atoms with Gasteiger partial charge in [-0.3, -0.25) is 9.59 Å². The highest BCUT2D eigenvalue weighted by molar-refractivity contribution is 6.07. The lowest BCUT2D eigenvalue weighted by Crippen LogP contribution is -2.61. The smallest absolute Gasteiger partial charge is 0.228 e. The largest absolute Gasteiger partial charge is 0.394 e. The van der Waals surface area contributed by atoms with E-state index in [4.69, 9.17) is 14.7 Å². The van der Waals surface area contributed by atoms with Crippen molar-refractivity contribution in [3.8, 4) is 0 Å². The van der Waals surface area contributed by atoms with Crippen LogP contribution in [-0.2, 0) is 14.3 Å². The standard InChI is InChI=1S/C48H60N6O4/c1-28(27-55)50-42-12-10-36-38(52-42)6-4-8-40(36)54-46(57)44(48-24-32-18-33(25-48)20-34(19-32)26-48)43(47-21-29-15-30(22-47)17-31(16-29)23-47)45(56)53-39-7-3-5-37-35(39)9-11-41(51-37)49-13-14-58-2/h3-12,28-34,43-44,55H,13-27H2,1-2H3,(H,49,51)(H,50,52)(H,53,56)(H,54,57). The summed E-state index contributed by atoms with van der Waals surface area (Å²) in [4.78, 5) is 41.4. The van der Waals surface area contributed by atoms with Gasteiger partial charge < -0.3 is 31.1 Å². The Kier molecular flexibility index (Phi) is 9.87. The summed E-state index contributed by atoms with van der Waals surface area (Å²) in [7, 11) is 1.69. The number of pyridine rings is 2. The molecule has 2 aromatic heterocycles. The van der Waals surface area contributed by atoms with E-state index in [-0.39, 0.29) is 35.3 Å². The molecule has 10 heteroatoms. The zero-order valence-corrected chi connectivity index (χ0v) is 34.1. The first-order valence-corrected chi connectivity index (χ1v) is 22.2. The van der Waals surface area contributed by atoms with Gasteiger partial charge in [-0.05, 0) is 179 Å². The van der Waals surface area contributed by atoms with E-state index in [9.17, 15) is 5.11 Å². The van der Waals surface area contributed by atoms with Gasteiger partial charge in [0.25, 0.3) is 0 Å². The van der Waals surface area contributed by atoms with Crippen LogP contribution >= 0.6 is 0 Å². The number of benzene rings is 2. The molecule has 12 rings (SSSR count). The molecule has 0 spiro atoms. The Morgan fingerprint density at radius 3 is 1.53 bits per heavy atom. The van der Waals surface area contributed by atoms with Crippen molar-refractivity contribution in [1.82, 2.24) is 9.97 Å².